The lowest BCUT2D eigenvalue weighted by Gasteiger charge is -2.08. The highest BCUT2D eigenvalue weighted by Crippen LogP contribution is 2.27. The second-order valence-electron chi connectivity index (χ2n) is 3.75. The summed E-state index contributed by atoms with van der Waals surface area (Å²) in [4.78, 5) is 8.39. The molecule has 0 unspecified atom stereocenters. The summed E-state index contributed by atoms with van der Waals surface area (Å²) < 4.78 is 1.05. The smallest absolute Gasteiger partial charge is 0.136 e. The van der Waals surface area contributed by atoms with Gasteiger partial charge < -0.3 is 0 Å². The number of benzene rings is 1. The molecule has 0 spiro atoms. The molecule has 88 valence electrons. The second-order valence-corrected chi connectivity index (χ2v) is 5.02. The molecule has 1 aromatic heterocycles. The van der Waals surface area contributed by atoms with Crippen molar-refractivity contribution in [1.29, 1.82) is 0 Å². The molecule has 0 aliphatic heterocycles. The molecule has 2 rings (SSSR count). The summed E-state index contributed by atoms with van der Waals surface area (Å²) in [5.41, 5.74) is 3.03. The summed E-state index contributed by atoms with van der Waals surface area (Å²) in [7, 11) is 0. The van der Waals surface area contributed by atoms with E-state index in [1.54, 1.807) is 0 Å². The van der Waals surface area contributed by atoms with Gasteiger partial charge >= 0.3 is 0 Å². The van der Waals surface area contributed by atoms with Gasteiger partial charge in [-0.2, -0.15) is 0 Å². The first-order valence-electron chi connectivity index (χ1n) is 5.47. The van der Waals surface area contributed by atoms with Crippen LogP contribution in [0.1, 0.15) is 18.9 Å². The lowest BCUT2D eigenvalue weighted by molar-refractivity contribution is 0.904. The molecule has 0 atom stereocenters. The molecule has 0 aliphatic rings. The standard InChI is InChI=1S/C13H12BrClN2/c1-2-3-11-12(16-8-17-13(11)15)9-4-6-10(14)7-5-9/h4-8H,2-3H2,1H3. The molecule has 4 heteroatoms. The van der Waals surface area contributed by atoms with E-state index < -0.39 is 0 Å². The Morgan fingerprint density at radius 2 is 1.88 bits per heavy atom. The van der Waals surface area contributed by atoms with Crippen LogP contribution in [-0.2, 0) is 6.42 Å². The topological polar surface area (TPSA) is 25.8 Å². The van der Waals surface area contributed by atoms with Crippen LogP contribution in [-0.4, -0.2) is 9.97 Å². The number of aromatic nitrogens is 2. The predicted octanol–water partition coefficient (Wildman–Crippen LogP) is 4.51. The fraction of sp³-hybridized carbons (Fsp3) is 0.231. The maximum atomic E-state index is 6.13. The highest BCUT2D eigenvalue weighted by Gasteiger charge is 2.10. The van der Waals surface area contributed by atoms with Gasteiger partial charge in [-0.3, -0.25) is 0 Å². The number of halogens is 2. The molecule has 0 fully saturated rings. The van der Waals surface area contributed by atoms with Gasteiger partial charge in [-0.05, 0) is 18.6 Å². The molecule has 0 aliphatic carbocycles. The molecule has 0 saturated carbocycles. The Hall–Kier alpha value is -0.930. The van der Waals surface area contributed by atoms with Crippen LogP contribution in [0.25, 0.3) is 11.3 Å². The van der Waals surface area contributed by atoms with Crippen molar-refractivity contribution in [2.45, 2.75) is 19.8 Å². The Morgan fingerprint density at radius 3 is 2.53 bits per heavy atom. The summed E-state index contributed by atoms with van der Waals surface area (Å²) in [6, 6.07) is 8.06. The van der Waals surface area contributed by atoms with E-state index in [1.807, 2.05) is 24.3 Å². The summed E-state index contributed by atoms with van der Waals surface area (Å²) in [5, 5.41) is 0.555. The molecule has 0 amide bonds. The molecule has 0 bridgehead atoms. The zero-order valence-electron chi connectivity index (χ0n) is 9.45. The zero-order valence-corrected chi connectivity index (χ0v) is 11.8. The van der Waals surface area contributed by atoms with Crippen molar-refractivity contribution in [2.24, 2.45) is 0 Å². The van der Waals surface area contributed by atoms with Crippen LogP contribution in [0.5, 0.6) is 0 Å². The average Bonchev–Trinajstić information content (AvgIpc) is 2.33. The second kappa shape index (κ2) is 5.61. The van der Waals surface area contributed by atoms with Gasteiger partial charge in [0.15, 0.2) is 0 Å². The highest BCUT2D eigenvalue weighted by atomic mass is 79.9. The molecule has 0 radical (unpaired) electrons. The Morgan fingerprint density at radius 1 is 1.18 bits per heavy atom. The van der Waals surface area contributed by atoms with Crippen LogP contribution >= 0.6 is 27.5 Å². The molecule has 2 nitrogen and oxygen atoms in total. The quantitative estimate of drug-likeness (QED) is 0.779. The van der Waals surface area contributed by atoms with E-state index in [0.29, 0.717) is 5.15 Å². The van der Waals surface area contributed by atoms with Crippen LogP contribution in [0.15, 0.2) is 35.1 Å². The van der Waals surface area contributed by atoms with Gasteiger partial charge in [-0.15, -0.1) is 0 Å². The fourth-order valence-corrected chi connectivity index (χ4v) is 2.21. The minimum absolute atomic E-state index is 0.555. The molecular weight excluding hydrogens is 300 g/mol. The van der Waals surface area contributed by atoms with Crippen molar-refractivity contribution in [3.05, 3.63) is 45.8 Å². The van der Waals surface area contributed by atoms with Crippen LogP contribution < -0.4 is 0 Å². The van der Waals surface area contributed by atoms with E-state index in [9.17, 15) is 0 Å². The van der Waals surface area contributed by atoms with Gasteiger partial charge in [-0.1, -0.05) is 53.0 Å². The lowest BCUT2D eigenvalue weighted by atomic mass is 10.0. The van der Waals surface area contributed by atoms with Crippen molar-refractivity contribution in [2.75, 3.05) is 0 Å². The predicted molar refractivity (Wildman–Crippen MR) is 74.2 cm³/mol. The normalized spacial score (nSPS) is 10.5. The molecule has 17 heavy (non-hydrogen) atoms. The van der Waals surface area contributed by atoms with Crippen LogP contribution in [0.3, 0.4) is 0 Å². The molecular formula is C13H12BrClN2. The number of rotatable bonds is 3. The molecule has 2 aromatic rings. The van der Waals surface area contributed by atoms with Crippen LogP contribution in [0, 0.1) is 0 Å². The minimum atomic E-state index is 0.555. The van der Waals surface area contributed by atoms with Gasteiger partial charge in [0.05, 0.1) is 5.69 Å². The van der Waals surface area contributed by atoms with Gasteiger partial charge in [0, 0.05) is 15.6 Å². The monoisotopic (exact) mass is 310 g/mol. The number of hydrogen-bond donors (Lipinski definition) is 0. The Kier molecular flexibility index (Phi) is 4.13. The number of nitrogens with zero attached hydrogens (tertiary/aromatic N) is 2. The Balaban J connectivity index is 2.50. The van der Waals surface area contributed by atoms with E-state index in [-0.39, 0.29) is 0 Å². The van der Waals surface area contributed by atoms with Crippen LogP contribution in [0.4, 0.5) is 0 Å². The molecule has 1 aromatic carbocycles. The molecule has 1 heterocycles. The van der Waals surface area contributed by atoms with Gasteiger partial charge in [-0.25, -0.2) is 9.97 Å². The SMILES string of the molecule is CCCc1c(Cl)ncnc1-c1ccc(Br)cc1. The average molecular weight is 312 g/mol. The third kappa shape index (κ3) is 2.85. The Labute approximate surface area is 114 Å². The largest absolute Gasteiger partial charge is 0.236 e. The van der Waals surface area contributed by atoms with Gasteiger partial charge in [0.25, 0.3) is 0 Å². The first-order valence-corrected chi connectivity index (χ1v) is 6.64. The van der Waals surface area contributed by atoms with E-state index >= 15 is 0 Å². The minimum Gasteiger partial charge on any atom is -0.236 e. The molecule has 0 saturated heterocycles. The van der Waals surface area contributed by atoms with Crippen molar-refractivity contribution < 1.29 is 0 Å². The van der Waals surface area contributed by atoms with Gasteiger partial charge in [0.1, 0.15) is 11.5 Å². The van der Waals surface area contributed by atoms with Crippen molar-refractivity contribution in [3.63, 3.8) is 0 Å². The van der Waals surface area contributed by atoms with E-state index in [4.69, 9.17) is 11.6 Å². The first-order chi connectivity index (χ1) is 8.22. The van der Waals surface area contributed by atoms with Crippen molar-refractivity contribution >= 4 is 27.5 Å². The maximum absolute atomic E-state index is 6.13. The summed E-state index contributed by atoms with van der Waals surface area (Å²) in [6.07, 6.45) is 3.43. The van der Waals surface area contributed by atoms with E-state index in [1.165, 1.54) is 6.33 Å². The fourth-order valence-electron chi connectivity index (χ4n) is 1.72. The molecule has 0 N–H and O–H groups in total. The zero-order chi connectivity index (χ0) is 12.3. The number of hydrogen-bond acceptors (Lipinski definition) is 2. The van der Waals surface area contributed by atoms with Crippen LogP contribution in [0.2, 0.25) is 5.15 Å². The lowest BCUT2D eigenvalue weighted by Crippen LogP contribution is -1.96. The first kappa shape index (κ1) is 12.5. The van der Waals surface area contributed by atoms with Gasteiger partial charge in [0.2, 0.25) is 0 Å². The van der Waals surface area contributed by atoms with E-state index in [0.717, 1.165) is 34.1 Å². The van der Waals surface area contributed by atoms with Crippen molar-refractivity contribution in [1.82, 2.24) is 9.97 Å². The maximum Gasteiger partial charge on any atom is 0.136 e. The van der Waals surface area contributed by atoms with Crippen molar-refractivity contribution in [3.8, 4) is 11.3 Å². The third-order valence-electron chi connectivity index (χ3n) is 2.51. The summed E-state index contributed by atoms with van der Waals surface area (Å²) >= 11 is 9.55. The van der Waals surface area contributed by atoms with E-state index in [2.05, 4.69) is 32.8 Å². The third-order valence-corrected chi connectivity index (χ3v) is 3.36. The summed E-state index contributed by atoms with van der Waals surface area (Å²) in [5.74, 6) is 0. The Bertz CT molecular complexity index is 511. The summed E-state index contributed by atoms with van der Waals surface area (Å²) in [6.45, 7) is 2.12. The highest BCUT2D eigenvalue weighted by molar-refractivity contribution is 9.10.